The first-order valence-corrected chi connectivity index (χ1v) is 7.08. The molecule has 2 aromatic heterocycles. The monoisotopic (exact) mass is 288 g/mol. The van der Waals surface area contributed by atoms with E-state index in [-0.39, 0.29) is 12.1 Å². The highest BCUT2D eigenvalue weighted by Crippen LogP contribution is 2.25. The smallest absolute Gasteiger partial charge is 0.410 e. The van der Waals surface area contributed by atoms with Gasteiger partial charge in [0.05, 0.1) is 12.6 Å². The van der Waals surface area contributed by atoms with E-state index in [2.05, 4.69) is 20.0 Å². The second-order valence-electron chi connectivity index (χ2n) is 5.42. The van der Waals surface area contributed by atoms with Crippen LogP contribution >= 0.6 is 0 Å². The highest BCUT2D eigenvalue weighted by atomic mass is 16.6. The molecule has 1 amide bonds. The first-order valence-electron chi connectivity index (χ1n) is 7.08. The summed E-state index contributed by atoms with van der Waals surface area (Å²) in [6.07, 6.45) is 2.25. The van der Waals surface area contributed by atoms with Gasteiger partial charge in [-0.1, -0.05) is 0 Å². The van der Waals surface area contributed by atoms with E-state index in [0.717, 1.165) is 31.0 Å². The molecular weight excluding hydrogens is 272 g/mol. The van der Waals surface area contributed by atoms with Gasteiger partial charge in [0.1, 0.15) is 18.8 Å². The van der Waals surface area contributed by atoms with Crippen molar-refractivity contribution in [3.8, 4) is 0 Å². The van der Waals surface area contributed by atoms with Gasteiger partial charge in [0.15, 0.2) is 0 Å². The Morgan fingerprint density at radius 1 is 1.38 bits per heavy atom. The Hall–Kier alpha value is -2.38. The van der Waals surface area contributed by atoms with Crippen LogP contribution in [0.1, 0.15) is 12.1 Å². The van der Waals surface area contributed by atoms with Gasteiger partial charge in [-0.3, -0.25) is 4.90 Å². The summed E-state index contributed by atoms with van der Waals surface area (Å²) < 4.78 is 6.77. The number of carbonyl (C=O) groups excluding carboxylic acids is 1. The van der Waals surface area contributed by atoms with Gasteiger partial charge in [-0.05, 0) is 13.3 Å². The molecule has 2 fully saturated rings. The maximum atomic E-state index is 11.7. The van der Waals surface area contributed by atoms with Crippen LogP contribution in [0.5, 0.6) is 0 Å². The second kappa shape index (κ2) is 4.57. The maximum absolute atomic E-state index is 11.7. The molecule has 0 aliphatic carbocycles. The molecule has 0 saturated carbocycles. The average Bonchev–Trinajstić information content (AvgIpc) is 3.16. The fourth-order valence-corrected chi connectivity index (χ4v) is 3.08. The van der Waals surface area contributed by atoms with Crippen LogP contribution in [0, 0.1) is 6.92 Å². The number of aryl methyl sites for hydroxylation is 1. The lowest BCUT2D eigenvalue weighted by atomic mass is 10.2. The van der Waals surface area contributed by atoms with Gasteiger partial charge in [0.2, 0.25) is 0 Å². The normalized spacial score (nSPS) is 22.3. The molecule has 2 aliphatic rings. The lowest BCUT2D eigenvalue weighted by Crippen LogP contribution is -2.38. The van der Waals surface area contributed by atoms with E-state index in [4.69, 9.17) is 4.74 Å². The number of hydrogen-bond donors (Lipinski definition) is 0. The van der Waals surface area contributed by atoms with Gasteiger partial charge in [0, 0.05) is 24.8 Å². The quantitative estimate of drug-likeness (QED) is 0.799. The number of hydrogen-bond acceptors (Lipinski definition) is 6. The molecular formula is C13H16N6O2. The van der Waals surface area contributed by atoms with Crippen molar-refractivity contribution in [3.63, 3.8) is 0 Å². The van der Waals surface area contributed by atoms with E-state index in [1.165, 1.54) is 6.33 Å². The SMILES string of the molecule is Cc1cc(N2CCC(N3CCOC3=O)C2)n2ncnc2n1. The van der Waals surface area contributed by atoms with Crippen LogP contribution in [0.3, 0.4) is 0 Å². The summed E-state index contributed by atoms with van der Waals surface area (Å²) in [6, 6.07) is 2.21. The predicted octanol–water partition coefficient (Wildman–Crippen LogP) is 0.464. The van der Waals surface area contributed by atoms with Crippen molar-refractivity contribution in [2.24, 2.45) is 0 Å². The van der Waals surface area contributed by atoms with Gasteiger partial charge in [0.25, 0.3) is 5.78 Å². The van der Waals surface area contributed by atoms with E-state index in [1.54, 1.807) is 4.52 Å². The Morgan fingerprint density at radius 3 is 3.10 bits per heavy atom. The number of ether oxygens (including phenoxy) is 1. The van der Waals surface area contributed by atoms with Crippen LogP contribution in [0.2, 0.25) is 0 Å². The van der Waals surface area contributed by atoms with E-state index >= 15 is 0 Å². The molecule has 8 nitrogen and oxygen atoms in total. The van der Waals surface area contributed by atoms with Crippen LogP contribution in [0.4, 0.5) is 10.6 Å². The highest BCUT2D eigenvalue weighted by Gasteiger charge is 2.35. The molecule has 0 N–H and O–H groups in total. The summed E-state index contributed by atoms with van der Waals surface area (Å²) in [4.78, 5) is 24.2. The van der Waals surface area contributed by atoms with Crippen LogP contribution < -0.4 is 4.90 Å². The summed E-state index contributed by atoms with van der Waals surface area (Å²) in [5.41, 5.74) is 0.912. The summed E-state index contributed by atoms with van der Waals surface area (Å²) in [5.74, 6) is 1.58. The maximum Gasteiger partial charge on any atom is 0.410 e. The van der Waals surface area contributed by atoms with E-state index < -0.39 is 0 Å². The molecule has 8 heteroatoms. The third kappa shape index (κ3) is 1.98. The Balaban J connectivity index is 1.62. The summed E-state index contributed by atoms with van der Waals surface area (Å²) in [6.45, 7) is 4.80. The lowest BCUT2D eigenvalue weighted by molar-refractivity contribution is 0.150. The molecule has 0 bridgehead atoms. The van der Waals surface area contributed by atoms with Crippen molar-refractivity contribution in [3.05, 3.63) is 18.1 Å². The summed E-state index contributed by atoms with van der Waals surface area (Å²) >= 11 is 0. The minimum absolute atomic E-state index is 0.196. The van der Waals surface area contributed by atoms with Crippen LogP contribution in [0.25, 0.3) is 5.78 Å². The highest BCUT2D eigenvalue weighted by molar-refractivity contribution is 5.70. The van der Waals surface area contributed by atoms with Crippen molar-refractivity contribution in [2.45, 2.75) is 19.4 Å². The lowest BCUT2D eigenvalue weighted by Gasteiger charge is -2.23. The van der Waals surface area contributed by atoms with Gasteiger partial charge in [-0.2, -0.15) is 14.6 Å². The largest absolute Gasteiger partial charge is 0.448 e. The second-order valence-corrected chi connectivity index (χ2v) is 5.42. The van der Waals surface area contributed by atoms with Gasteiger partial charge in [-0.15, -0.1) is 0 Å². The Morgan fingerprint density at radius 2 is 2.29 bits per heavy atom. The molecule has 1 atom stereocenters. The van der Waals surface area contributed by atoms with Crippen LogP contribution in [0.15, 0.2) is 12.4 Å². The van der Waals surface area contributed by atoms with E-state index in [9.17, 15) is 4.79 Å². The molecule has 4 heterocycles. The molecule has 0 spiro atoms. The van der Waals surface area contributed by atoms with E-state index in [0.29, 0.717) is 18.9 Å². The first kappa shape index (κ1) is 12.4. The molecule has 0 radical (unpaired) electrons. The fraction of sp³-hybridized carbons (Fsp3) is 0.538. The molecule has 0 aromatic carbocycles. The fourth-order valence-electron chi connectivity index (χ4n) is 3.08. The number of anilines is 1. The number of fused-ring (bicyclic) bond motifs is 1. The Labute approximate surface area is 121 Å². The minimum Gasteiger partial charge on any atom is -0.448 e. The summed E-state index contributed by atoms with van der Waals surface area (Å²) in [7, 11) is 0. The number of cyclic esters (lactones) is 1. The zero-order valence-electron chi connectivity index (χ0n) is 11.8. The van der Waals surface area contributed by atoms with E-state index in [1.807, 2.05) is 17.9 Å². The molecule has 2 aliphatic heterocycles. The molecule has 21 heavy (non-hydrogen) atoms. The number of amides is 1. The Kier molecular flexibility index (Phi) is 2.69. The summed E-state index contributed by atoms with van der Waals surface area (Å²) in [5, 5.41) is 4.24. The van der Waals surface area contributed by atoms with Gasteiger partial charge < -0.3 is 9.64 Å². The first-order chi connectivity index (χ1) is 10.2. The van der Waals surface area contributed by atoms with Crippen molar-refractivity contribution >= 4 is 17.7 Å². The molecule has 2 saturated heterocycles. The Bertz CT molecular complexity index is 699. The van der Waals surface area contributed by atoms with Crippen molar-refractivity contribution in [1.82, 2.24) is 24.5 Å². The third-order valence-electron chi connectivity index (χ3n) is 4.08. The van der Waals surface area contributed by atoms with Gasteiger partial charge in [-0.25, -0.2) is 9.78 Å². The predicted molar refractivity (Wildman–Crippen MR) is 74.2 cm³/mol. The van der Waals surface area contributed by atoms with Crippen LogP contribution in [-0.4, -0.2) is 62.9 Å². The molecule has 1 unspecified atom stereocenters. The minimum atomic E-state index is -0.196. The van der Waals surface area contributed by atoms with Crippen molar-refractivity contribution < 1.29 is 9.53 Å². The topological polar surface area (TPSA) is 75.9 Å². The average molecular weight is 288 g/mol. The van der Waals surface area contributed by atoms with Gasteiger partial charge >= 0.3 is 6.09 Å². The van der Waals surface area contributed by atoms with Crippen molar-refractivity contribution in [1.29, 1.82) is 0 Å². The standard InChI is InChI=1S/C13H16N6O2/c1-9-6-11(19-12(16-9)14-8-15-19)17-3-2-10(7-17)18-4-5-21-13(18)20/h6,8,10H,2-5,7H2,1H3. The third-order valence-corrected chi connectivity index (χ3v) is 4.08. The number of rotatable bonds is 2. The number of aromatic nitrogens is 4. The zero-order valence-corrected chi connectivity index (χ0v) is 11.8. The molecule has 2 aromatic rings. The number of nitrogens with zero attached hydrogens (tertiary/aromatic N) is 6. The number of carbonyl (C=O) groups is 1. The zero-order chi connectivity index (χ0) is 14.4. The van der Waals surface area contributed by atoms with Crippen LogP contribution in [-0.2, 0) is 4.74 Å². The molecule has 4 rings (SSSR count). The van der Waals surface area contributed by atoms with Crippen molar-refractivity contribution in [2.75, 3.05) is 31.1 Å². The molecule has 110 valence electrons.